The van der Waals surface area contributed by atoms with Crippen molar-refractivity contribution < 1.29 is 4.79 Å². The highest BCUT2D eigenvalue weighted by molar-refractivity contribution is 5.71. The Morgan fingerprint density at radius 3 is 2.64 bits per heavy atom. The van der Waals surface area contributed by atoms with Crippen LogP contribution in [0.5, 0.6) is 0 Å². The van der Waals surface area contributed by atoms with Crippen molar-refractivity contribution in [2.45, 2.75) is 26.8 Å². The van der Waals surface area contributed by atoms with E-state index in [2.05, 4.69) is 4.98 Å². The Kier molecular flexibility index (Phi) is 2.08. The Labute approximate surface area is 66.1 Å². The van der Waals surface area contributed by atoms with Gasteiger partial charge >= 0.3 is 0 Å². The van der Waals surface area contributed by atoms with E-state index in [0.717, 1.165) is 12.1 Å². The number of hydrogen-bond acceptors (Lipinski definition) is 2. The lowest BCUT2D eigenvalue weighted by atomic mass is 10.3. The minimum Gasteiger partial charge on any atom is -0.324 e. The van der Waals surface area contributed by atoms with Crippen LogP contribution in [-0.2, 0) is 0 Å². The lowest BCUT2D eigenvalue weighted by Crippen LogP contribution is -2.06. The van der Waals surface area contributed by atoms with E-state index in [-0.39, 0.29) is 0 Å². The van der Waals surface area contributed by atoms with E-state index in [0.29, 0.717) is 11.7 Å². The van der Waals surface area contributed by atoms with Gasteiger partial charge in [-0.25, -0.2) is 4.98 Å². The predicted molar refractivity (Wildman–Crippen MR) is 42.7 cm³/mol. The fourth-order valence-corrected chi connectivity index (χ4v) is 1.23. The van der Waals surface area contributed by atoms with Crippen molar-refractivity contribution in [3.05, 3.63) is 17.7 Å². The second kappa shape index (κ2) is 2.86. The number of aryl methyl sites for hydroxylation is 1. The molecular weight excluding hydrogens is 140 g/mol. The minimum absolute atomic E-state index is 0.303. The smallest absolute Gasteiger partial charge is 0.168 e. The second-order valence-electron chi connectivity index (χ2n) is 2.81. The molecule has 0 atom stereocenters. The van der Waals surface area contributed by atoms with Crippen LogP contribution in [0.15, 0.2) is 6.20 Å². The van der Waals surface area contributed by atoms with Crippen molar-refractivity contribution in [3.63, 3.8) is 0 Å². The van der Waals surface area contributed by atoms with Crippen molar-refractivity contribution >= 4 is 6.29 Å². The Morgan fingerprint density at radius 1 is 1.64 bits per heavy atom. The standard InChI is InChI=1S/C8H12N2O/c1-6(2)10-7(3)9-4-8(10)5-11/h4-6H,1-3H3. The third-order valence-corrected chi connectivity index (χ3v) is 1.65. The first-order chi connectivity index (χ1) is 5.16. The molecule has 1 aromatic heterocycles. The Bertz CT molecular complexity index is 263. The third kappa shape index (κ3) is 1.31. The Morgan fingerprint density at radius 2 is 2.27 bits per heavy atom. The van der Waals surface area contributed by atoms with Gasteiger partial charge in [0.2, 0.25) is 0 Å². The normalized spacial score (nSPS) is 10.5. The third-order valence-electron chi connectivity index (χ3n) is 1.65. The number of nitrogens with zero attached hydrogens (tertiary/aromatic N) is 2. The van der Waals surface area contributed by atoms with E-state index < -0.39 is 0 Å². The Hall–Kier alpha value is -1.12. The predicted octanol–water partition coefficient (Wildman–Crippen LogP) is 1.58. The Balaban J connectivity index is 3.17. The summed E-state index contributed by atoms with van der Waals surface area (Å²) in [5, 5.41) is 0. The van der Waals surface area contributed by atoms with Gasteiger partial charge < -0.3 is 4.57 Å². The number of aldehydes is 1. The van der Waals surface area contributed by atoms with Gasteiger partial charge in [-0.05, 0) is 20.8 Å². The molecule has 0 aliphatic heterocycles. The fourth-order valence-electron chi connectivity index (χ4n) is 1.23. The molecule has 0 radical (unpaired) electrons. The first-order valence-electron chi connectivity index (χ1n) is 3.65. The van der Waals surface area contributed by atoms with E-state index in [1.807, 2.05) is 25.3 Å². The summed E-state index contributed by atoms with van der Waals surface area (Å²) in [6.45, 7) is 5.95. The summed E-state index contributed by atoms with van der Waals surface area (Å²) in [7, 11) is 0. The summed E-state index contributed by atoms with van der Waals surface area (Å²) in [5.41, 5.74) is 0.650. The molecule has 1 heterocycles. The SMILES string of the molecule is Cc1ncc(C=O)n1C(C)C. The second-order valence-corrected chi connectivity index (χ2v) is 2.81. The topological polar surface area (TPSA) is 34.9 Å². The lowest BCUT2D eigenvalue weighted by molar-refractivity contribution is 0.111. The van der Waals surface area contributed by atoms with E-state index in [1.54, 1.807) is 6.20 Å². The van der Waals surface area contributed by atoms with Crippen LogP contribution in [0.1, 0.15) is 36.2 Å². The molecule has 1 aromatic rings. The molecule has 11 heavy (non-hydrogen) atoms. The summed E-state index contributed by atoms with van der Waals surface area (Å²) in [6, 6.07) is 0.303. The van der Waals surface area contributed by atoms with E-state index in [1.165, 1.54) is 0 Å². The van der Waals surface area contributed by atoms with Gasteiger partial charge in [0.25, 0.3) is 0 Å². The molecule has 1 rings (SSSR count). The fraction of sp³-hybridized carbons (Fsp3) is 0.500. The minimum atomic E-state index is 0.303. The number of carbonyl (C=O) groups excluding carboxylic acids is 1. The summed E-state index contributed by atoms with van der Waals surface area (Å²) in [6.07, 6.45) is 2.43. The zero-order chi connectivity index (χ0) is 8.43. The van der Waals surface area contributed by atoms with Gasteiger partial charge in [0.05, 0.1) is 6.20 Å². The van der Waals surface area contributed by atoms with Crippen LogP contribution < -0.4 is 0 Å². The number of aromatic nitrogens is 2. The van der Waals surface area contributed by atoms with Crippen LogP contribution in [0.2, 0.25) is 0 Å². The molecule has 0 unspecified atom stereocenters. The summed E-state index contributed by atoms with van der Waals surface area (Å²) >= 11 is 0. The van der Waals surface area contributed by atoms with Crippen LogP contribution in [0.25, 0.3) is 0 Å². The van der Waals surface area contributed by atoms with Gasteiger partial charge in [-0.15, -0.1) is 0 Å². The zero-order valence-electron chi connectivity index (χ0n) is 7.03. The highest BCUT2D eigenvalue weighted by Crippen LogP contribution is 2.10. The monoisotopic (exact) mass is 152 g/mol. The van der Waals surface area contributed by atoms with Gasteiger partial charge in [-0.1, -0.05) is 0 Å². The molecule has 0 saturated carbocycles. The van der Waals surface area contributed by atoms with Crippen LogP contribution >= 0.6 is 0 Å². The molecule has 0 fully saturated rings. The van der Waals surface area contributed by atoms with E-state index >= 15 is 0 Å². The summed E-state index contributed by atoms with van der Waals surface area (Å²) in [5.74, 6) is 0.891. The molecule has 0 aliphatic carbocycles. The average Bonchev–Trinajstić information content (AvgIpc) is 2.30. The van der Waals surface area contributed by atoms with Gasteiger partial charge in [0.15, 0.2) is 6.29 Å². The maximum Gasteiger partial charge on any atom is 0.168 e. The molecule has 0 N–H and O–H groups in total. The number of hydrogen-bond donors (Lipinski definition) is 0. The van der Waals surface area contributed by atoms with Gasteiger partial charge in [0, 0.05) is 6.04 Å². The first kappa shape index (κ1) is 7.98. The van der Waals surface area contributed by atoms with Crippen LogP contribution in [-0.4, -0.2) is 15.8 Å². The van der Waals surface area contributed by atoms with Crippen molar-refractivity contribution in [1.82, 2.24) is 9.55 Å². The van der Waals surface area contributed by atoms with Gasteiger partial charge in [-0.3, -0.25) is 4.79 Å². The van der Waals surface area contributed by atoms with E-state index in [9.17, 15) is 4.79 Å². The highest BCUT2D eigenvalue weighted by Gasteiger charge is 2.07. The van der Waals surface area contributed by atoms with E-state index in [4.69, 9.17) is 0 Å². The van der Waals surface area contributed by atoms with Crippen LogP contribution in [0.4, 0.5) is 0 Å². The first-order valence-corrected chi connectivity index (χ1v) is 3.65. The molecule has 3 nitrogen and oxygen atoms in total. The summed E-state index contributed by atoms with van der Waals surface area (Å²) < 4.78 is 1.91. The average molecular weight is 152 g/mol. The van der Waals surface area contributed by atoms with Crippen LogP contribution in [0.3, 0.4) is 0 Å². The molecule has 0 spiro atoms. The van der Waals surface area contributed by atoms with Crippen molar-refractivity contribution in [3.8, 4) is 0 Å². The number of carbonyl (C=O) groups is 1. The molecule has 0 amide bonds. The molecule has 0 aliphatic rings. The maximum atomic E-state index is 10.5. The van der Waals surface area contributed by atoms with Gasteiger partial charge in [-0.2, -0.15) is 0 Å². The number of imidazole rings is 1. The zero-order valence-corrected chi connectivity index (χ0v) is 7.03. The molecule has 0 bridgehead atoms. The quantitative estimate of drug-likeness (QED) is 0.603. The molecule has 0 aromatic carbocycles. The van der Waals surface area contributed by atoms with Gasteiger partial charge in [0.1, 0.15) is 11.5 Å². The number of rotatable bonds is 2. The molecular formula is C8H12N2O. The largest absolute Gasteiger partial charge is 0.324 e. The van der Waals surface area contributed by atoms with Crippen molar-refractivity contribution in [1.29, 1.82) is 0 Å². The molecule has 60 valence electrons. The van der Waals surface area contributed by atoms with Crippen molar-refractivity contribution in [2.75, 3.05) is 0 Å². The maximum absolute atomic E-state index is 10.5. The molecule has 3 heteroatoms. The lowest BCUT2D eigenvalue weighted by Gasteiger charge is -2.10. The summed E-state index contributed by atoms with van der Waals surface area (Å²) in [4.78, 5) is 14.5. The highest BCUT2D eigenvalue weighted by atomic mass is 16.1. The molecule has 0 saturated heterocycles. The van der Waals surface area contributed by atoms with Crippen LogP contribution in [0, 0.1) is 6.92 Å². The van der Waals surface area contributed by atoms with Crippen molar-refractivity contribution in [2.24, 2.45) is 0 Å².